The van der Waals surface area contributed by atoms with E-state index in [0.717, 1.165) is 16.9 Å². The summed E-state index contributed by atoms with van der Waals surface area (Å²) in [6.45, 7) is 2.51. The molecule has 0 bridgehead atoms. The van der Waals surface area contributed by atoms with Crippen LogP contribution < -0.4 is 27.4 Å². The first kappa shape index (κ1) is 11.6. The number of benzene rings is 1. The number of aromatic nitrogens is 2. The van der Waals surface area contributed by atoms with E-state index in [4.69, 9.17) is 12.3 Å². The zero-order valence-corrected chi connectivity index (χ0v) is 10.0. The van der Waals surface area contributed by atoms with E-state index in [0.29, 0.717) is 6.54 Å². The van der Waals surface area contributed by atoms with Crippen LogP contribution in [0.2, 0.25) is 0 Å². The topological polar surface area (TPSA) is 34.8 Å². The molecule has 1 heterocycles. The van der Waals surface area contributed by atoms with Crippen molar-refractivity contribution in [3.63, 3.8) is 0 Å². The number of nitrogen functional groups attached to an aromatic ring is 1. The first-order chi connectivity index (χ1) is 6.75. The van der Waals surface area contributed by atoms with Gasteiger partial charge >= 0.3 is 0 Å². The number of imidazole rings is 1. The van der Waals surface area contributed by atoms with Crippen molar-refractivity contribution in [3.05, 3.63) is 30.1 Å². The van der Waals surface area contributed by atoms with Gasteiger partial charge in [-0.15, -0.1) is 11.1 Å². The average molecular weight is 266 g/mol. The Morgan fingerprint density at radius 2 is 2.13 bits per heavy atom. The van der Waals surface area contributed by atoms with E-state index in [9.17, 15) is 0 Å². The average Bonchev–Trinajstić information content (AvgIpc) is 2.45. The van der Waals surface area contributed by atoms with E-state index in [2.05, 4.69) is 5.92 Å². The summed E-state index contributed by atoms with van der Waals surface area (Å²) < 4.78 is 3.68. The van der Waals surface area contributed by atoms with Crippen LogP contribution in [0.4, 0.5) is 0 Å². The molecule has 0 radical (unpaired) electrons. The van der Waals surface area contributed by atoms with Crippen LogP contribution in [0.1, 0.15) is 5.82 Å². The predicted octanol–water partition coefficient (Wildman–Crippen LogP) is -2.41. The van der Waals surface area contributed by atoms with Crippen molar-refractivity contribution in [1.29, 1.82) is 0 Å². The molecule has 3 nitrogen and oxygen atoms in total. The van der Waals surface area contributed by atoms with Crippen molar-refractivity contribution in [3.8, 4) is 12.3 Å². The van der Waals surface area contributed by atoms with Crippen LogP contribution in [-0.2, 0) is 6.54 Å². The highest BCUT2D eigenvalue weighted by molar-refractivity contribution is 5.72. The first-order valence-electron chi connectivity index (χ1n) is 4.44. The molecule has 0 aliphatic carbocycles. The van der Waals surface area contributed by atoms with Crippen molar-refractivity contribution in [2.75, 3.05) is 5.84 Å². The number of halogens is 1. The molecular formula is C11H12BrN3. The minimum absolute atomic E-state index is 0. The van der Waals surface area contributed by atoms with E-state index < -0.39 is 0 Å². The molecule has 15 heavy (non-hydrogen) atoms. The van der Waals surface area contributed by atoms with Gasteiger partial charge in [-0.1, -0.05) is 18.1 Å². The molecule has 0 fully saturated rings. The van der Waals surface area contributed by atoms with Gasteiger partial charge in [0.25, 0.3) is 5.82 Å². The maximum absolute atomic E-state index is 5.90. The van der Waals surface area contributed by atoms with Crippen LogP contribution >= 0.6 is 0 Å². The van der Waals surface area contributed by atoms with E-state index in [1.54, 1.807) is 4.68 Å². The predicted molar refractivity (Wildman–Crippen MR) is 55.9 cm³/mol. The third kappa shape index (κ3) is 1.71. The Morgan fingerprint density at radius 3 is 2.80 bits per heavy atom. The highest BCUT2D eigenvalue weighted by Crippen LogP contribution is 2.10. The van der Waals surface area contributed by atoms with Gasteiger partial charge in [0.15, 0.2) is 17.6 Å². The standard InChI is InChI=1S/C11H12N3.BrH/c1-3-8-13-9(2)14(12)11-7-5-4-6-10(11)13;/h1,4-7H,8,12H2,2H3;1H/q+1;/p-1. The third-order valence-corrected chi connectivity index (χ3v) is 2.42. The number of nitrogens with two attached hydrogens (primary N) is 1. The lowest BCUT2D eigenvalue weighted by Crippen LogP contribution is -3.00. The Kier molecular flexibility index (Phi) is 3.38. The summed E-state index contributed by atoms with van der Waals surface area (Å²) in [7, 11) is 0. The molecule has 0 amide bonds. The van der Waals surface area contributed by atoms with Gasteiger partial charge in [-0.25, -0.2) is 4.57 Å². The van der Waals surface area contributed by atoms with Gasteiger partial charge in [0, 0.05) is 6.92 Å². The second-order valence-electron chi connectivity index (χ2n) is 3.20. The van der Waals surface area contributed by atoms with Crippen molar-refractivity contribution < 1.29 is 21.5 Å². The van der Waals surface area contributed by atoms with Crippen molar-refractivity contribution >= 4 is 11.0 Å². The maximum Gasteiger partial charge on any atom is 0.278 e. The fraction of sp³-hybridized carbons (Fsp3) is 0.182. The van der Waals surface area contributed by atoms with Crippen molar-refractivity contribution in [2.45, 2.75) is 13.5 Å². The first-order valence-corrected chi connectivity index (χ1v) is 4.44. The number of hydrogen-bond acceptors (Lipinski definition) is 1. The van der Waals surface area contributed by atoms with Crippen LogP contribution in [-0.4, -0.2) is 4.68 Å². The van der Waals surface area contributed by atoms with Gasteiger partial charge in [-0.05, 0) is 12.1 Å². The lowest BCUT2D eigenvalue weighted by molar-refractivity contribution is -0.665. The lowest BCUT2D eigenvalue weighted by Gasteiger charge is -1.91. The number of hydrogen-bond donors (Lipinski definition) is 1. The molecular weight excluding hydrogens is 254 g/mol. The van der Waals surface area contributed by atoms with Gasteiger partial charge in [0.2, 0.25) is 0 Å². The SMILES string of the molecule is C#CC[n+]1c(C)n(N)c2ccccc21.[Br-]. The maximum atomic E-state index is 5.90. The molecule has 0 aliphatic heterocycles. The van der Waals surface area contributed by atoms with Crippen LogP contribution in [0.3, 0.4) is 0 Å². The van der Waals surface area contributed by atoms with Crippen LogP contribution in [0.5, 0.6) is 0 Å². The fourth-order valence-corrected chi connectivity index (χ4v) is 1.67. The van der Waals surface area contributed by atoms with Crippen molar-refractivity contribution in [2.24, 2.45) is 0 Å². The molecule has 1 aromatic carbocycles. The molecule has 0 saturated heterocycles. The zero-order valence-electron chi connectivity index (χ0n) is 8.44. The Labute approximate surface area is 99.2 Å². The van der Waals surface area contributed by atoms with Gasteiger partial charge in [0.1, 0.15) is 0 Å². The molecule has 78 valence electrons. The second kappa shape index (κ2) is 4.37. The monoisotopic (exact) mass is 265 g/mol. The van der Waals surface area contributed by atoms with Gasteiger partial charge in [0.05, 0.1) is 0 Å². The highest BCUT2D eigenvalue weighted by Gasteiger charge is 2.17. The van der Waals surface area contributed by atoms with Crippen LogP contribution in [0, 0.1) is 19.3 Å². The summed E-state index contributed by atoms with van der Waals surface area (Å²) in [5.74, 6) is 9.48. The highest BCUT2D eigenvalue weighted by atomic mass is 79.9. The zero-order chi connectivity index (χ0) is 10.1. The number of para-hydroxylation sites is 2. The molecule has 2 N–H and O–H groups in total. The second-order valence-corrected chi connectivity index (χ2v) is 3.20. The molecule has 4 heteroatoms. The number of fused-ring (bicyclic) bond motifs is 1. The normalized spacial score (nSPS) is 9.60. The molecule has 0 saturated carbocycles. The van der Waals surface area contributed by atoms with Gasteiger partial charge in [-0.3, -0.25) is 5.84 Å². The van der Waals surface area contributed by atoms with E-state index in [1.807, 2.05) is 35.8 Å². The number of terminal acetylenes is 1. The minimum Gasteiger partial charge on any atom is -1.00 e. The number of nitrogens with zero attached hydrogens (tertiary/aromatic N) is 2. The van der Waals surface area contributed by atoms with Gasteiger partial charge in [-0.2, -0.15) is 0 Å². The quantitative estimate of drug-likeness (QED) is 0.348. The summed E-state index contributed by atoms with van der Waals surface area (Å²) in [4.78, 5) is 0. The van der Waals surface area contributed by atoms with E-state index >= 15 is 0 Å². The summed E-state index contributed by atoms with van der Waals surface area (Å²) in [5, 5.41) is 0. The van der Waals surface area contributed by atoms with Crippen molar-refractivity contribution in [1.82, 2.24) is 4.68 Å². The molecule has 1 aromatic heterocycles. The molecule has 0 spiro atoms. The molecule has 0 atom stereocenters. The third-order valence-electron chi connectivity index (χ3n) is 2.42. The molecule has 0 aliphatic rings. The Hall–Kier alpha value is -1.47. The lowest BCUT2D eigenvalue weighted by atomic mass is 10.3. The Balaban J connectivity index is 0.00000112. The molecule has 0 unspecified atom stereocenters. The van der Waals surface area contributed by atoms with E-state index in [1.165, 1.54) is 0 Å². The number of rotatable bonds is 1. The minimum atomic E-state index is 0. The van der Waals surface area contributed by atoms with Crippen LogP contribution in [0.25, 0.3) is 11.0 Å². The summed E-state index contributed by atoms with van der Waals surface area (Å²) >= 11 is 0. The Bertz CT molecular complexity index is 522. The van der Waals surface area contributed by atoms with E-state index in [-0.39, 0.29) is 17.0 Å². The summed E-state index contributed by atoms with van der Waals surface area (Å²) in [5.41, 5.74) is 2.07. The van der Waals surface area contributed by atoms with Crippen LogP contribution in [0.15, 0.2) is 24.3 Å². The molecule has 2 rings (SSSR count). The largest absolute Gasteiger partial charge is 1.00 e. The summed E-state index contributed by atoms with van der Waals surface area (Å²) in [6, 6.07) is 7.94. The Morgan fingerprint density at radius 1 is 1.47 bits per heavy atom. The fourth-order valence-electron chi connectivity index (χ4n) is 1.67. The summed E-state index contributed by atoms with van der Waals surface area (Å²) in [6.07, 6.45) is 5.31. The smallest absolute Gasteiger partial charge is 0.278 e. The van der Waals surface area contributed by atoms with Gasteiger partial charge < -0.3 is 17.0 Å². The molecule has 2 aromatic rings.